The lowest BCUT2D eigenvalue weighted by Crippen LogP contribution is -2.24. The van der Waals surface area contributed by atoms with E-state index in [2.05, 4.69) is 20.0 Å². The van der Waals surface area contributed by atoms with E-state index in [0.717, 1.165) is 5.56 Å². The van der Waals surface area contributed by atoms with Crippen LogP contribution in [0.2, 0.25) is 0 Å². The molecule has 2 aromatic rings. The van der Waals surface area contributed by atoms with Gasteiger partial charge in [-0.2, -0.15) is 0 Å². The maximum Gasteiger partial charge on any atom is 0.262 e. The van der Waals surface area contributed by atoms with E-state index in [-0.39, 0.29) is 10.9 Å². The normalized spacial score (nSPS) is 11.6. The lowest BCUT2D eigenvalue weighted by molar-refractivity contribution is 0.576. The molecule has 112 valence electrons. The van der Waals surface area contributed by atoms with Crippen molar-refractivity contribution < 1.29 is 8.42 Å². The Bertz CT molecular complexity index is 687. The first-order valence-electron chi connectivity index (χ1n) is 6.58. The highest BCUT2D eigenvalue weighted by molar-refractivity contribution is 7.92. The summed E-state index contributed by atoms with van der Waals surface area (Å²) in [6, 6.07) is 7.18. The number of hydrogen-bond donors (Lipinski definition) is 2. The second-order valence-corrected chi connectivity index (χ2v) is 6.53. The third-order valence-electron chi connectivity index (χ3n) is 2.78. The van der Waals surface area contributed by atoms with E-state index >= 15 is 0 Å². The summed E-state index contributed by atoms with van der Waals surface area (Å²) in [5.74, 6) is 0. The van der Waals surface area contributed by atoms with Crippen LogP contribution >= 0.6 is 0 Å². The molecule has 0 bridgehead atoms. The molecule has 7 heteroatoms. The standard InChI is InChI=1S/C14H18N4O2S/c1-11(2)17-7-12-5-3-4-6-14(12)21(19,20)18-13-8-15-10-16-9-13/h3-6,8-11,17-18H,7H2,1-2H3. The van der Waals surface area contributed by atoms with Gasteiger partial charge >= 0.3 is 0 Å². The molecule has 0 amide bonds. The molecule has 2 rings (SSSR count). The van der Waals surface area contributed by atoms with Gasteiger partial charge in [0.15, 0.2) is 0 Å². The van der Waals surface area contributed by atoms with Crippen LogP contribution in [-0.2, 0) is 16.6 Å². The Labute approximate surface area is 124 Å². The van der Waals surface area contributed by atoms with Crippen molar-refractivity contribution in [2.24, 2.45) is 0 Å². The van der Waals surface area contributed by atoms with Gasteiger partial charge in [-0.15, -0.1) is 0 Å². The van der Waals surface area contributed by atoms with E-state index in [4.69, 9.17) is 0 Å². The predicted molar refractivity (Wildman–Crippen MR) is 81.3 cm³/mol. The SMILES string of the molecule is CC(C)NCc1ccccc1S(=O)(=O)Nc1cncnc1. The van der Waals surface area contributed by atoms with Crippen LogP contribution in [0.1, 0.15) is 19.4 Å². The van der Waals surface area contributed by atoms with Crippen molar-refractivity contribution in [2.45, 2.75) is 31.3 Å². The Kier molecular flexibility index (Phi) is 4.87. The molecule has 0 saturated carbocycles. The number of nitrogens with zero attached hydrogens (tertiary/aromatic N) is 2. The second-order valence-electron chi connectivity index (χ2n) is 4.88. The molecule has 0 saturated heterocycles. The van der Waals surface area contributed by atoms with Crippen LogP contribution in [-0.4, -0.2) is 24.4 Å². The number of anilines is 1. The molecule has 0 unspecified atom stereocenters. The first-order chi connectivity index (χ1) is 9.99. The fourth-order valence-electron chi connectivity index (χ4n) is 1.79. The van der Waals surface area contributed by atoms with Gasteiger partial charge in [-0.05, 0) is 11.6 Å². The van der Waals surface area contributed by atoms with E-state index in [0.29, 0.717) is 12.2 Å². The minimum Gasteiger partial charge on any atom is -0.310 e. The molecule has 1 heterocycles. The summed E-state index contributed by atoms with van der Waals surface area (Å²) in [6.07, 6.45) is 4.18. The molecule has 0 aliphatic carbocycles. The van der Waals surface area contributed by atoms with Gasteiger partial charge in [0, 0.05) is 12.6 Å². The minimum atomic E-state index is -3.66. The maximum absolute atomic E-state index is 12.5. The van der Waals surface area contributed by atoms with Gasteiger partial charge in [0.05, 0.1) is 23.0 Å². The lowest BCUT2D eigenvalue weighted by atomic mass is 10.2. The number of rotatable bonds is 6. The highest BCUT2D eigenvalue weighted by atomic mass is 32.2. The van der Waals surface area contributed by atoms with Crippen LogP contribution in [0, 0.1) is 0 Å². The molecule has 0 atom stereocenters. The summed E-state index contributed by atoms with van der Waals surface area (Å²) in [5, 5.41) is 3.22. The van der Waals surface area contributed by atoms with Crippen molar-refractivity contribution in [3.8, 4) is 0 Å². The summed E-state index contributed by atoms with van der Waals surface area (Å²) in [7, 11) is -3.66. The third kappa shape index (κ3) is 4.24. The zero-order valence-electron chi connectivity index (χ0n) is 11.9. The van der Waals surface area contributed by atoms with Crippen LogP contribution in [0.4, 0.5) is 5.69 Å². The molecular weight excluding hydrogens is 288 g/mol. The quantitative estimate of drug-likeness (QED) is 0.850. The highest BCUT2D eigenvalue weighted by Gasteiger charge is 2.18. The summed E-state index contributed by atoms with van der Waals surface area (Å²) >= 11 is 0. The third-order valence-corrected chi connectivity index (χ3v) is 4.26. The largest absolute Gasteiger partial charge is 0.310 e. The van der Waals surface area contributed by atoms with Crippen LogP contribution < -0.4 is 10.0 Å². The van der Waals surface area contributed by atoms with Crippen molar-refractivity contribution >= 4 is 15.7 Å². The molecule has 1 aromatic carbocycles. The smallest absolute Gasteiger partial charge is 0.262 e. The number of nitrogens with one attached hydrogen (secondary N) is 2. The van der Waals surface area contributed by atoms with E-state index in [1.165, 1.54) is 18.7 Å². The Morgan fingerprint density at radius 2 is 1.81 bits per heavy atom. The number of hydrogen-bond acceptors (Lipinski definition) is 5. The van der Waals surface area contributed by atoms with Crippen LogP contribution in [0.25, 0.3) is 0 Å². The molecular formula is C14H18N4O2S. The van der Waals surface area contributed by atoms with E-state index < -0.39 is 10.0 Å². The zero-order chi connectivity index (χ0) is 15.3. The molecule has 1 aromatic heterocycles. The predicted octanol–water partition coefficient (Wildman–Crippen LogP) is 1.78. The Morgan fingerprint density at radius 3 is 2.48 bits per heavy atom. The lowest BCUT2D eigenvalue weighted by Gasteiger charge is -2.14. The molecule has 0 spiro atoms. The fraction of sp³-hybridized carbons (Fsp3) is 0.286. The van der Waals surface area contributed by atoms with E-state index in [1.54, 1.807) is 18.2 Å². The molecule has 6 nitrogen and oxygen atoms in total. The van der Waals surface area contributed by atoms with Crippen LogP contribution in [0.15, 0.2) is 47.9 Å². The molecule has 0 aliphatic rings. The van der Waals surface area contributed by atoms with Crippen LogP contribution in [0.3, 0.4) is 0 Å². The summed E-state index contributed by atoms with van der Waals surface area (Å²) in [4.78, 5) is 7.84. The van der Waals surface area contributed by atoms with Crippen molar-refractivity contribution in [3.63, 3.8) is 0 Å². The van der Waals surface area contributed by atoms with E-state index in [9.17, 15) is 8.42 Å². The molecule has 0 aliphatic heterocycles. The van der Waals surface area contributed by atoms with Crippen molar-refractivity contribution in [2.75, 3.05) is 4.72 Å². The first-order valence-corrected chi connectivity index (χ1v) is 8.06. The molecule has 0 radical (unpaired) electrons. The average Bonchev–Trinajstić information content (AvgIpc) is 2.46. The molecule has 2 N–H and O–H groups in total. The van der Waals surface area contributed by atoms with Crippen molar-refractivity contribution in [3.05, 3.63) is 48.5 Å². The van der Waals surface area contributed by atoms with Crippen molar-refractivity contribution in [1.82, 2.24) is 15.3 Å². The molecule has 0 fully saturated rings. The molecule has 21 heavy (non-hydrogen) atoms. The highest BCUT2D eigenvalue weighted by Crippen LogP contribution is 2.18. The van der Waals surface area contributed by atoms with Gasteiger partial charge in [-0.1, -0.05) is 32.0 Å². The first kappa shape index (κ1) is 15.4. The van der Waals surface area contributed by atoms with Gasteiger partial charge < -0.3 is 5.32 Å². The monoisotopic (exact) mass is 306 g/mol. The van der Waals surface area contributed by atoms with Gasteiger partial charge in [-0.3, -0.25) is 4.72 Å². The number of benzene rings is 1. The van der Waals surface area contributed by atoms with Crippen molar-refractivity contribution in [1.29, 1.82) is 0 Å². The topological polar surface area (TPSA) is 84.0 Å². The Hall–Kier alpha value is -1.99. The maximum atomic E-state index is 12.5. The van der Waals surface area contributed by atoms with Gasteiger partial charge in [0.2, 0.25) is 0 Å². The zero-order valence-corrected chi connectivity index (χ0v) is 12.8. The summed E-state index contributed by atoms with van der Waals surface area (Å²) in [5.41, 5.74) is 1.06. The van der Waals surface area contributed by atoms with Gasteiger partial charge in [-0.25, -0.2) is 18.4 Å². The minimum absolute atomic E-state index is 0.252. The average molecular weight is 306 g/mol. The van der Waals surface area contributed by atoms with Gasteiger partial charge in [0.25, 0.3) is 10.0 Å². The van der Waals surface area contributed by atoms with Crippen LogP contribution in [0.5, 0.6) is 0 Å². The van der Waals surface area contributed by atoms with E-state index in [1.807, 2.05) is 19.9 Å². The number of sulfonamides is 1. The summed E-state index contributed by atoms with van der Waals surface area (Å²) < 4.78 is 27.4. The fourth-order valence-corrected chi connectivity index (χ4v) is 3.06. The second kappa shape index (κ2) is 6.64. The van der Waals surface area contributed by atoms with Gasteiger partial charge in [0.1, 0.15) is 6.33 Å². The Morgan fingerprint density at radius 1 is 1.14 bits per heavy atom. The Balaban J connectivity index is 2.27. The summed E-state index contributed by atoms with van der Waals surface area (Å²) in [6.45, 7) is 4.51. The number of aromatic nitrogens is 2.